The molecule has 0 aromatic carbocycles. The minimum atomic E-state index is -0.256. The van der Waals surface area contributed by atoms with Gasteiger partial charge < -0.3 is 11.1 Å². The molecule has 1 heterocycles. The monoisotopic (exact) mass is 359 g/mol. The SMILES string of the molecule is NC(=O)C1CCC(NC(=O)c2cc(Br)cnc2Cl)CC1. The number of aromatic nitrogens is 1. The van der Waals surface area contributed by atoms with E-state index in [2.05, 4.69) is 26.2 Å². The second-order valence-electron chi connectivity index (χ2n) is 4.92. The smallest absolute Gasteiger partial charge is 0.254 e. The number of hydrogen-bond donors (Lipinski definition) is 2. The molecular formula is C13H15BrClN3O2. The minimum Gasteiger partial charge on any atom is -0.369 e. The first-order chi connectivity index (χ1) is 9.47. The molecule has 2 amide bonds. The van der Waals surface area contributed by atoms with E-state index >= 15 is 0 Å². The van der Waals surface area contributed by atoms with Gasteiger partial charge in [0.25, 0.3) is 5.91 Å². The van der Waals surface area contributed by atoms with Crippen LogP contribution >= 0.6 is 27.5 Å². The lowest BCUT2D eigenvalue weighted by atomic mass is 9.85. The molecular weight excluding hydrogens is 346 g/mol. The van der Waals surface area contributed by atoms with E-state index in [1.54, 1.807) is 6.07 Å². The Bertz CT molecular complexity index is 530. The summed E-state index contributed by atoms with van der Waals surface area (Å²) in [4.78, 5) is 27.2. The maximum Gasteiger partial charge on any atom is 0.254 e. The first-order valence-electron chi connectivity index (χ1n) is 6.38. The van der Waals surface area contributed by atoms with Crippen molar-refractivity contribution in [2.45, 2.75) is 31.7 Å². The molecule has 3 N–H and O–H groups in total. The number of halogens is 2. The molecule has 0 saturated heterocycles. The lowest BCUT2D eigenvalue weighted by molar-refractivity contribution is -0.122. The highest BCUT2D eigenvalue weighted by molar-refractivity contribution is 9.10. The molecule has 1 aliphatic carbocycles. The third-order valence-electron chi connectivity index (χ3n) is 3.52. The predicted octanol–water partition coefficient (Wildman–Crippen LogP) is 2.27. The van der Waals surface area contributed by atoms with Crippen molar-refractivity contribution < 1.29 is 9.59 Å². The number of nitrogens with zero attached hydrogens (tertiary/aromatic N) is 1. The van der Waals surface area contributed by atoms with Crippen LogP contribution in [0.1, 0.15) is 36.0 Å². The molecule has 1 aromatic rings. The van der Waals surface area contributed by atoms with Crippen molar-refractivity contribution in [1.29, 1.82) is 0 Å². The van der Waals surface area contributed by atoms with Gasteiger partial charge in [-0.1, -0.05) is 11.6 Å². The summed E-state index contributed by atoms with van der Waals surface area (Å²) in [5.41, 5.74) is 5.63. The normalized spacial score (nSPS) is 22.3. The van der Waals surface area contributed by atoms with E-state index in [-0.39, 0.29) is 28.9 Å². The Hall–Kier alpha value is -1.14. The first kappa shape index (κ1) is 15.3. The number of carbonyl (C=O) groups is 2. The second kappa shape index (κ2) is 6.54. The van der Waals surface area contributed by atoms with Gasteiger partial charge >= 0.3 is 0 Å². The van der Waals surface area contributed by atoms with Crippen LogP contribution in [0.25, 0.3) is 0 Å². The number of pyridine rings is 1. The summed E-state index contributed by atoms with van der Waals surface area (Å²) in [6.45, 7) is 0. The van der Waals surface area contributed by atoms with E-state index in [0.717, 1.165) is 12.8 Å². The summed E-state index contributed by atoms with van der Waals surface area (Å²) < 4.78 is 0.699. The molecule has 1 aliphatic rings. The van der Waals surface area contributed by atoms with Crippen LogP contribution in [-0.2, 0) is 4.79 Å². The van der Waals surface area contributed by atoms with E-state index in [4.69, 9.17) is 17.3 Å². The largest absolute Gasteiger partial charge is 0.369 e. The Balaban J connectivity index is 1.96. The molecule has 5 nitrogen and oxygen atoms in total. The van der Waals surface area contributed by atoms with Crippen molar-refractivity contribution in [1.82, 2.24) is 10.3 Å². The van der Waals surface area contributed by atoms with Gasteiger partial charge in [-0.15, -0.1) is 0 Å². The van der Waals surface area contributed by atoms with Crippen molar-refractivity contribution in [3.63, 3.8) is 0 Å². The fraction of sp³-hybridized carbons (Fsp3) is 0.462. The predicted molar refractivity (Wildman–Crippen MR) is 79.4 cm³/mol. The van der Waals surface area contributed by atoms with Crippen molar-refractivity contribution in [2.75, 3.05) is 0 Å². The molecule has 0 bridgehead atoms. The van der Waals surface area contributed by atoms with Crippen LogP contribution in [-0.4, -0.2) is 22.8 Å². The van der Waals surface area contributed by atoms with Crippen LogP contribution in [0.3, 0.4) is 0 Å². The quantitative estimate of drug-likeness (QED) is 0.811. The zero-order chi connectivity index (χ0) is 14.7. The van der Waals surface area contributed by atoms with E-state index in [9.17, 15) is 9.59 Å². The minimum absolute atomic E-state index is 0.0492. The molecule has 7 heteroatoms. The molecule has 0 spiro atoms. The van der Waals surface area contributed by atoms with E-state index < -0.39 is 0 Å². The third-order valence-corrected chi connectivity index (χ3v) is 4.25. The fourth-order valence-electron chi connectivity index (χ4n) is 2.37. The van der Waals surface area contributed by atoms with E-state index in [0.29, 0.717) is 22.9 Å². The van der Waals surface area contributed by atoms with Crippen LogP contribution in [0.4, 0.5) is 0 Å². The second-order valence-corrected chi connectivity index (χ2v) is 6.19. The van der Waals surface area contributed by atoms with Gasteiger partial charge in [-0.2, -0.15) is 0 Å². The lowest BCUT2D eigenvalue weighted by Crippen LogP contribution is -2.39. The van der Waals surface area contributed by atoms with Crippen LogP contribution in [0, 0.1) is 5.92 Å². The average molecular weight is 361 g/mol. The topological polar surface area (TPSA) is 85.1 Å². The summed E-state index contributed by atoms with van der Waals surface area (Å²) in [5.74, 6) is -0.570. The highest BCUT2D eigenvalue weighted by Gasteiger charge is 2.26. The zero-order valence-electron chi connectivity index (χ0n) is 10.7. The van der Waals surface area contributed by atoms with Gasteiger partial charge in [0.05, 0.1) is 5.56 Å². The molecule has 108 valence electrons. The Morgan fingerprint density at radius 2 is 2.00 bits per heavy atom. The summed E-state index contributed by atoms with van der Waals surface area (Å²) >= 11 is 9.18. The van der Waals surface area contributed by atoms with Crippen LogP contribution in [0.15, 0.2) is 16.7 Å². The third kappa shape index (κ3) is 3.70. The van der Waals surface area contributed by atoms with Crippen molar-refractivity contribution >= 4 is 39.3 Å². The molecule has 1 saturated carbocycles. The first-order valence-corrected chi connectivity index (χ1v) is 7.55. The standard InChI is InChI=1S/C13H15BrClN3O2/c14-8-5-10(11(15)17-6-8)13(20)18-9-3-1-7(2-4-9)12(16)19/h5-7,9H,1-4H2,(H2,16,19)(H,18,20). The fourth-order valence-corrected chi connectivity index (χ4v) is 2.89. The van der Waals surface area contributed by atoms with E-state index in [1.165, 1.54) is 6.20 Å². The highest BCUT2D eigenvalue weighted by atomic mass is 79.9. The lowest BCUT2D eigenvalue weighted by Gasteiger charge is -2.27. The van der Waals surface area contributed by atoms with Crippen molar-refractivity contribution in [3.05, 3.63) is 27.5 Å². The molecule has 0 atom stereocenters. The summed E-state index contributed by atoms with van der Waals surface area (Å²) in [5, 5.41) is 3.10. The van der Waals surface area contributed by atoms with Crippen molar-refractivity contribution in [3.8, 4) is 0 Å². The molecule has 0 aliphatic heterocycles. The Morgan fingerprint density at radius 1 is 1.35 bits per heavy atom. The molecule has 0 radical (unpaired) electrons. The molecule has 1 aromatic heterocycles. The van der Waals surface area contributed by atoms with Gasteiger partial charge in [-0.25, -0.2) is 4.98 Å². The van der Waals surface area contributed by atoms with E-state index in [1.807, 2.05) is 0 Å². The van der Waals surface area contributed by atoms with Crippen LogP contribution in [0.2, 0.25) is 5.15 Å². The molecule has 0 unspecified atom stereocenters. The summed E-state index contributed by atoms with van der Waals surface area (Å²) in [6, 6.07) is 1.69. The number of primary amides is 1. The van der Waals surface area contributed by atoms with Crippen LogP contribution in [0.5, 0.6) is 0 Å². The maximum atomic E-state index is 12.2. The number of nitrogens with two attached hydrogens (primary N) is 1. The average Bonchev–Trinajstić information content (AvgIpc) is 2.42. The molecule has 20 heavy (non-hydrogen) atoms. The molecule has 1 fully saturated rings. The Kier molecular flexibility index (Phi) is 4.99. The summed E-state index contributed by atoms with van der Waals surface area (Å²) in [6.07, 6.45) is 4.46. The van der Waals surface area contributed by atoms with Gasteiger partial charge in [0, 0.05) is 22.6 Å². The number of carbonyl (C=O) groups excluding carboxylic acids is 2. The Morgan fingerprint density at radius 3 is 2.60 bits per heavy atom. The van der Waals surface area contributed by atoms with Gasteiger partial charge in [0.2, 0.25) is 5.91 Å². The highest BCUT2D eigenvalue weighted by Crippen LogP contribution is 2.25. The number of rotatable bonds is 3. The van der Waals surface area contributed by atoms with Gasteiger partial charge in [-0.05, 0) is 47.7 Å². The molecule has 2 rings (SSSR count). The van der Waals surface area contributed by atoms with Crippen molar-refractivity contribution in [2.24, 2.45) is 11.7 Å². The van der Waals surface area contributed by atoms with Gasteiger partial charge in [-0.3, -0.25) is 9.59 Å². The number of nitrogens with one attached hydrogen (secondary N) is 1. The maximum absolute atomic E-state index is 12.2. The number of amides is 2. The number of hydrogen-bond acceptors (Lipinski definition) is 3. The Labute approximate surface area is 130 Å². The van der Waals surface area contributed by atoms with Crippen LogP contribution < -0.4 is 11.1 Å². The van der Waals surface area contributed by atoms with Gasteiger partial charge in [0.15, 0.2) is 0 Å². The zero-order valence-corrected chi connectivity index (χ0v) is 13.1. The van der Waals surface area contributed by atoms with Gasteiger partial charge in [0.1, 0.15) is 5.15 Å². The summed E-state index contributed by atoms with van der Waals surface area (Å²) in [7, 11) is 0.